The Labute approximate surface area is 102 Å². The van der Waals surface area contributed by atoms with Gasteiger partial charge in [0, 0.05) is 19.2 Å². The van der Waals surface area contributed by atoms with Crippen LogP contribution >= 0.6 is 0 Å². The van der Waals surface area contributed by atoms with Crippen molar-refractivity contribution in [1.82, 2.24) is 9.78 Å². The van der Waals surface area contributed by atoms with Crippen LogP contribution < -0.4 is 5.73 Å². The van der Waals surface area contributed by atoms with Gasteiger partial charge in [-0.3, -0.25) is 9.48 Å². The summed E-state index contributed by atoms with van der Waals surface area (Å²) >= 11 is 0. The van der Waals surface area contributed by atoms with Crippen molar-refractivity contribution in [3.05, 3.63) is 17.5 Å². The SMILES string of the molecule is Cc1c(CC(N)C(=O)OC(C)(C)C)cnn1C. The van der Waals surface area contributed by atoms with Gasteiger partial charge in [-0.05, 0) is 33.3 Å². The zero-order valence-corrected chi connectivity index (χ0v) is 11.2. The molecule has 2 N–H and O–H groups in total. The summed E-state index contributed by atoms with van der Waals surface area (Å²) in [7, 11) is 1.86. The molecular weight excluding hydrogens is 218 g/mol. The van der Waals surface area contributed by atoms with Crippen molar-refractivity contribution in [3.63, 3.8) is 0 Å². The molecule has 0 aliphatic carbocycles. The lowest BCUT2D eigenvalue weighted by Crippen LogP contribution is -2.38. The summed E-state index contributed by atoms with van der Waals surface area (Å²) in [6, 6.07) is -0.642. The lowest BCUT2D eigenvalue weighted by Gasteiger charge is -2.22. The molecule has 0 radical (unpaired) electrons. The average Bonchev–Trinajstić information content (AvgIpc) is 2.47. The smallest absolute Gasteiger partial charge is 0.323 e. The van der Waals surface area contributed by atoms with E-state index in [2.05, 4.69) is 5.10 Å². The van der Waals surface area contributed by atoms with Crippen LogP contribution in [0.15, 0.2) is 6.20 Å². The van der Waals surface area contributed by atoms with Gasteiger partial charge in [-0.2, -0.15) is 5.10 Å². The Balaban J connectivity index is 2.63. The van der Waals surface area contributed by atoms with Gasteiger partial charge in [0.25, 0.3) is 0 Å². The molecule has 1 atom stereocenters. The summed E-state index contributed by atoms with van der Waals surface area (Å²) in [6.07, 6.45) is 2.19. The first-order chi connectivity index (χ1) is 7.70. The summed E-state index contributed by atoms with van der Waals surface area (Å²) in [5, 5.41) is 4.11. The van der Waals surface area contributed by atoms with E-state index >= 15 is 0 Å². The monoisotopic (exact) mass is 239 g/mol. The second-order valence-electron chi connectivity index (χ2n) is 5.22. The van der Waals surface area contributed by atoms with Crippen molar-refractivity contribution >= 4 is 5.97 Å². The van der Waals surface area contributed by atoms with Crippen molar-refractivity contribution in [2.75, 3.05) is 0 Å². The fraction of sp³-hybridized carbons (Fsp3) is 0.667. The van der Waals surface area contributed by atoms with E-state index in [0.29, 0.717) is 6.42 Å². The van der Waals surface area contributed by atoms with Gasteiger partial charge in [0.2, 0.25) is 0 Å². The Kier molecular flexibility index (Phi) is 3.93. The molecule has 5 heteroatoms. The molecular formula is C12H21N3O2. The molecule has 1 heterocycles. The Hall–Kier alpha value is -1.36. The van der Waals surface area contributed by atoms with Crippen LogP contribution in [0.4, 0.5) is 0 Å². The maximum Gasteiger partial charge on any atom is 0.323 e. The van der Waals surface area contributed by atoms with Gasteiger partial charge in [0.1, 0.15) is 11.6 Å². The fourth-order valence-corrected chi connectivity index (χ4v) is 1.44. The molecule has 0 aromatic carbocycles. The molecule has 0 bridgehead atoms. The minimum absolute atomic E-state index is 0.374. The minimum atomic E-state index is -0.642. The quantitative estimate of drug-likeness (QED) is 0.797. The van der Waals surface area contributed by atoms with Gasteiger partial charge in [-0.25, -0.2) is 0 Å². The molecule has 1 aromatic rings. The number of nitrogens with two attached hydrogens (primary N) is 1. The molecule has 1 unspecified atom stereocenters. The largest absolute Gasteiger partial charge is 0.459 e. The van der Waals surface area contributed by atoms with Crippen LogP contribution in [0.5, 0.6) is 0 Å². The number of hydrogen-bond donors (Lipinski definition) is 1. The average molecular weight is 239 g/mol. The molecule has 0 fully saturated rings. The van der Waals surface area contributed by atoms with Gasteiger partial charge in [-0.15, -0.1) is 0 Å². The molecule has 1 aromatic heterocycles. The van der Waals surface area contributed by atoms with Crippen LogP contribution in [0.3, 0.4) is 0 Å². The number of carbonyl (C=O) groups is 1. The molecule has 96 valence electrons. The number of aromatic nitrogens is 2. The van der Waals surface area contributed by atoms with Crippen molar-refractivity contribution in [2.45, 2.75) is 45.8 Å². The Morgan fingerprint density at radius 3 is 2.59 bits per heavy atom. The number of hydrogen-bond acceptors (Lipinski definition) is 4. The zero-order chi connectivity index (χ0) is 13.2. The van der Waals surface area contributed by atoms with E-state index in [0.717, 1.165) is 11.3 Å². The van der Waals surface area contributed by atoms with E-state index in [1.165, 1.54) is 0 Å². The minimum Gasteiger partial charge on any atom is -0.459 e. The molecule has 0 spiro atoms. The van der Waals surface area contributed by atoms with Gasteiger partial charge < -0.3 is 10.5 Å². The Morgan fingerprint density at radius 1 is 1.59 bits per heavy atom. The van der Waals surface area contributed by atoms with E-state index in [-0.39, 0.29) is 5.97 Å². The van der Waals surface area contributed by atoms with Crippen LogP contribution in [0.2, 0.25) is 0 Å². The third-order valence-corrected chi connectivity index (χ3v) is 2.49. The molecule has 0 aliphatic heterocycles. The highest BCUT2D eigenvalue weighted by atomic mass is 16.6. The molecule has 0 saturated heterocycles. The maximum absolute atomic E-state index is 11.7. The summed E-state index contributed by atoms with van der Waals surface area (Å²) in [5.74, 6) is -0.374. The molecule has 1 rings (SSSR count). The van der Waals surface area contributed by atoms with Crippen molar-refractivity contribution in [3.8, 4) is 0 Å². The highest BCUT2D eigenvalue weighted by molar-refractivity contribution is 5.76. The maximum atomic E-state index is 11.7. The highest BCUT2D eigenvalue weighted by Crippen LogP contribution is 2.12. The predicted octanol–water partition coefficient (Wildman–Crippen LogP) is 0.940. The third kappa shape index (κ3) is 3.85. The van der Waals surface area contributed by atoms with Crippen molar-refractivity contribution < 1.29 is 9.53 Å². The van der Waals surface area contributed by atoms with Crippen LogP contribution in [-0.4, -0.2) is 27.4 Å². The van der Waals surface area contributed by atoms with E-state index in [1.54, 1.807) is 10.9 Å². The standard InChI is InChI=1S/C12H21N3O2/c1-8-9(7-14-15(8)5)6-10(13)11(16)17-12(2,3)4/h7,10H,6,13H2,1-5H3. The molecule has 17 heavy (non-hydrogen) atoms. The lowest BCUT2D eigenvalue weighted by molar-refractivity contribution is -0.156. The number of nitrogens with zero attached hydrogens (tertiary/aromatic N) is 2. The van der Waals surface area contributed by atoms with E-state index in [9.17, 15) is 4.79 Å². The first kappa shape index (κ1) is 13.7. The van der Waals surface area contributed by atoms with Crippen molar-refractivity contribution in [1.29, 1.82) is 0 Å². The Bertz CT molecular complexity index is 404. The van der Waals surface area contributed by atoms with Crippen LogP contribution in [0.1, 0.15) is 32.0 Å². The van der Waals surface area contributed by atoms with E-state index in [1.807, 2.05) is 34.7 Å². The highest BCUT2D eigenvalue weighted by Gasteiger charge is 2.23. The first-order valence-electron chi connectivity index (χ1n) is 5.66. The second kappa shape index (κ2) is 4.87. The molecule has 5 nitrogen and oxygen atoms in total. The van der Waals surface area contributed by atoms with Gasteiger partial charge in [0.15, 0.2) is 0 Å². The third-order valence-electron chi connectivity index (χ3n) is 2.49. The number of carbonyl (C=O) groups excluding carboxylic acids is 1. The van der Waals surface area contributed by atoms with Crippen LogP contribution in [0, 0.1) is 6.92 Å². The second-order valence-corrected chi connectivity index (χ2v) is 5.22. The first-order valence-corrected chi connectivity index (χ1v) is 5.66. The lowest BCUT2D eigenvalue weighted by atomic mass is 10.1. The normalized spacial score (nSPS) is 13.5. The topological polar surface area (TPSA) is 70.1 Å². The van der Waals surface area contributed by atoms with Gasteiger partial charge in [-0.1, -0.05) is 0 Å². The van der Waals surface area contributed by atoms with Crippen molar-refractivity contribution in [2.24, 2.45) is 12.8 Å². The van der Waals surface area contributed by atoms with E-state index < -0.39 is 11.6 Å². The van der Waals surface area contributed by atoms with Gasteiger partial charge in [0.05, 0.1) is 6.20 Å². The van der Waals surface area contributed by atoms with Crippen LogP contribution in [0.25, 0.3) is 0 Å². The summed E-state index contributed by atoms with van der Waals surface area (Å²) < 4.78 is 6.99. The number of ether oxygens (including phenoxy) is 1. The number of rotatable bonds is 3. The molecule has 0 saturated carbocycles. The predicted molar refractivity (Wildman–Crippen MR) is 65.5 cm³/mol. The summed E-state index contributed by atoms with van der Waals surface area (Å²) in [6.45, 7) is 7.43. The van der Waals surface area contributed by atoms with E-state index in [4.69, 9.17) is 10.5 Å². The zero-order valence-electron chi connectivity index (χ0n) is 11.2. The summed E-state index contributed by atoms with van der Waals surface area (Å²) in [5.41, 5.74) is 7.32. The summed E-state index contributed by atoms with van der Waals surface area (Å²) in [4.78, 5) is 11.7. The van der Waals surface area contributed by atoms with Gasteiger partial charge >= 0.3 is 5.97 Å². The molecule has 0 amide bonds. The van der Waals surface area contributed by atoms with Crippen LogP contribution in [-0.2, 0) is 23.0 Å². The fourth-order valence-electron chi connectivity index (χ4n) is 1.44. The molecule has 0 aliphatic rings. The number of aryl methyl sites for hydroxylation is 1. The Morgan fingerprint density at radius 2 is 2.18 bits per heavy atom. The number of esters is 1.